The molecule has 17 heavy (non-hydrogen) atoms. The Morgan fingerprint density at radius 2 is 1.53 bits per heavy atom. The van der Waals surface area contributed by atoms with Crippen molar-refractivity contribution < 1.29 is 37.8 Å². The SMILES string of the molecule is C[CH-]C(O)(c1cccnc1)c1cccnc1.[Y]. The number of nitrogens with zero attached hydrogens (tertiary/aromatic N) is 2. The largest absolute Gasteiger partial charge is 0.413 e. The van der Waals surface area contributed by atoms with Crippen LogP contribution >= 0.6 is 0 Å². The monoisotopic (exact) mass is 302 g/mol. The molecule has 0 aromatic carbocycles. The fourth-order valence-corrected chi connectivity index (χ4v) is 1.68. The van der Waals surface area contributed by atoms with E-state index in [1.165, 1.54) is 0 Å². The van der Waals surface area contributed by atoms with Crippen LogP contribution < -0.4 is 0 Å². The fourth-order valence-electron chi connectivity index (χ4n) is 1.68. The molecule has 2 aromatic heterocycles. The summed E-state index contributed by atoms with van der Waals surface area (Å²) in [5.74, 6) is 0. The normalized spacial score (nSPS) is 10.7. The summed E-state index contributed by atoms with van der Waals surface area (Å²) in [5.41, 5.74) is 0.360. The molecule has 0 aliphatic heterocycles. The summed E-state index contributed by atoms with van der Waals surface area (Å²) < 4.78 is 0. The summed E-state index contributed by atoms with van der Waals surface area (Å²) in [5, 5.41) is 10.6. The maximum atomic E-state index is 10.6. The van der Waals surface area contributed by atoms with Gasteiger partial charge in [-0.15, -0.1) is 0 Å². The molecule has 1 N–H and O–H groups in total. The molecule has 0 aliphatic carbocycles. The van der Waals surface area contributed by atoms with Gasteiger partial charge in [0.25, 0.3) is 0 Å². The Balaban J connectivity index is 0.00000144. The number of hydrogen-bond acceptors (Lipinski definition) is 3. The molecule has 0 aliphatic rings. The molecule has 2 heterocycles. The minimum absolute atomic E-state index is 0. The van der Waals surface area contributed by atoms with Crippen molar-refractivity contribution in [2.45, 2.75) is 12.5 Å². The minimum Gasteiger partial charge on any atom is -0.413 e. The van der Waals surface area contributed by atoms with Crippen LogP contribution in [0.2, 0.25) is 0 Å². The second kappa shape index (κ2) is 6.34. The van der Waals surface area contributed by atoms with Crippen molar-refractivity contribution in [3.63, 3.8) is 0 Å². The fraction of sp³-hybridized carbons (Fsp3) is 0.154. The second-order valence-corrected chi connectivity index (χ2v) is 3.54. The van der Waals surface area contributed by atoms with Crippen LogP contribution in [0.3, 0.4) is 0 Å². The molecule has 0 spiro atoms. The van der Waals surface area contributed by atoms with Gasteiger partial charge in [-0.05, 0) is 28.9 Å². The molecule has 0 saturated carbocycles. The van der Waals surface area contributed by atoms with E-state index in [-0.39, 0.29) is 32.7 Å². The molecule has 1 radical (unpaired) electrons. The Hall–Kier alpha value is -0.636. The van der Waals surface area contributed by atoms with Gasteiger partial charge in [0.05, 0.1) is 0 Å². The minimum atomic E-state index is -1.12. The third-order valence-corrected chi connectivity index (χ3v) is 2.62. The Morgan fingerprint density at radius 3 is 1.82 bits per heavy atom. The number of aliphatic hydroxyl groups is 1. The van der Waals surface area contributed by atoms with Gasteiger partial charge < -0.3 is 5.11 Å². The first kappa shape index (κ1) is 14.4. The number of hydrogen-bond donors (Lipinski definition) is 1. The van der Waals surface area contributed by atoms with Gasteiger partial charge in [0.1, 0.15) is 0 Å². The van der Waals surface area contributed by atoms with Gasteiger partial charge in [0.15, 0.2) is 0 Å². The molecule has 0 atom stereocenters. The predicted molar refractivity (Wildman–Crippen MR) is 61.4 cm³/mol. The van der Waals surface area contributed by atoms with Crippen LogP contribution in [0.1, 0.15) is 18.1 Å². The van der Waals surface area contributed by atoms with Crippen molar-refractivity contribution in [1.29, 1.82) is 0 Å². The van der Waals surface area contributed by atoms with Gasteiger partial charge in [-0.25, -0.2) is 0 Å². The smallest absolute Gasteiger partial charge is 0.0304 e. The number of aromatic nitrogens is 2. The first-order valence-electron chi connectivity index (χ1n) is 5.11. The predicted octanol–water partition coefficient (Wildman–Crippen LogP) is 1.93. The average molecular weight is 302 g/mol. The molecule has 2 aromatic rings. The molecule has 0 unspecified atom stereocenters. The molecule has 3 nitrogen and oxygen atoms in total. The number of pyridine rings is 2. The van der Waals surface area contributed by atoms with Crippen molar-refractivity contribution in [3.8, 4) is 0 Å². The summed E-state index contributed by atoms with van der Waals surface area (Å²) in [6.07, 6.45) is 8.42. The first-order chi connectivity index (χ1) is 7.77. The topological polar surface area (TPSA) is 46.0 Å². The Morgan fingerprint density at radius 1 is 1.06 bits per heavy atom. The van der Waals surface area contributed by atoms with Gasteiger partial charge >= 0.3 is 0 Å². The van der Waals surface area contributed by atoms with Crippen LogP contribution in [0.5, 0.6) is 0 Å². The van der Waals surface area contributed by atoms with Crippen LogP contribution in [-0.2, 0) is 38.3 Å². The van der Waals surface area contributed by atoms with Gasteiger partial charge in [-0.3, -0.25) is 16.4 Å². The summed E-state index contributed by atoms with van der Waals surface area (Å²) in [6.45, 7) is 1.82. The van der Waals surface area contributed by atoms with E-state index >= 15 is 0 Å². The quantitative estimate of drug-likeness (QED) is 0.881. The van der Waals surface area contributed by atoms with Crippen LogP contribution in [0.15, 0.2) is 49.1 Å². The maximum absolute atomic E-state index is 10.6. The Kier molecular flexibility index (Phi) is 5.38. The zero-order chi connectivity index (χ0) is 11.4. The average Bonchev–Trinajstić information content (AvgIpc) is 2.40. The van der Waals surface area contributed by atoms with Gasteiger partial charge in [0, 0.05) is 57.5 Å². The molecule has 0 amide bonds. The van der Waals surface area contributed by atoms with E-state index in [1.54, 1.807) is 43.3 Å². The van der Waals surface area contributed by atoms with E-state index in [1.807, 2.05) is 19.1 Å². The van der Waals surface area contributed by atoms with E-state index in [2.05, 4.69) is 9.97 Å². The van der Waals surface area contributed by atoms with Gasteiger partial charge in [0.2, 0.25) is 0 Å². The van der Waals surface area contributed by atoms with Crippen LogP contribution in [-0.4, -0.2) is 15.1 Å². The van der Waals surface area contributed by atoms with Crippen molar-refractivity contribution in [3.05, 3.63) is 66.6 Å². The Labute approximate surface area is 126 Å². The first-order valence-corrected chi connectivity index (χ1v) is 5.11. The van der Waals surface area contributed by atoms with E-state index in [0.29, 0.717) is 0 Å². The molecule has 0 fully saturated rings. The molecular formula is C13H13N2OY-. The standard InChI is InChI=1S/C13H13N2O.Y/c1-2-13(16,11-5-3-7-14-9-11)12-6-4-8-15-10-12;/h2-10,16H,1H3;/q-1;. The molecule has 4 heteroatoms. The zero-order valence-electron chi connectivity index (χ0n) is 9.62. The van der Waals surface area contributed by atoms with Gasteiger partial charge in [-0.2, -0.15) is 6.92 Å². The van der Waals surface area contributed by atoms with Crippen LogP contribution in [0, 0.1) is 6.42 Å². The van der Waals surface area contributed by atoms with Crippen LogP contribution in [0.25, 0.3) is 0 Å². The molecule has 0 bridgehead atoms. The maximum Gasteiger partial charge on any atom is 0.0304 e. The summed E-state index contributed by atoms with van der Waals surface area (Å²) >= 11 is 0. The van der Waals surface area contributed by atoms with E-state index < -0.39 is 5.60 Å². The van der Waals surface area contributed by atoms with Crippen molar-refractivity contribution >= 4 is 0 Å². The van der Waals surface area contributed by atoms with Crippen molar-refractivity contribution in [1.82, 2.24) is 9.97 Å². The molecule has 0 saturated heterocycles. The summed E-state index contributed by atoms with van der Waals surface area (Å²) in [6, 6.07) is 7.31. The third-order valence-electron chi connectivity index (χ3n) is 2.62. The van der Waals surface area contributed by atoms with Crippen molar-refractivity contribution in [2.24, 2.45) is 0 Å². The molecule has 85 valence electrons. The zero-order valence-corrected chi connectivity index (χ0v) is 12.5. The summed E-state index contributed by atoms with van der Waals surface area (Å²) in [7, 11) is 0. The Bertz CT molecular complexity index is 408. The molecular weight excluding hydrogens is 289 g/mol. The van der Waals surface area contributed by atoms with Crippen LogP contribution in [0.4, 0.5) is 0 Å². The van der Waals surface area contributed by atoms with Crippen molar-refractivity contribution in [2.75, 3.05) is 0 Å². The van der Waals surface area contributed by atoms with E-state index in [0.717, 1.165) is 11.1 Å². The number of rotatable bonds is 3. The third kappa shape index (κ3) is 2.98. The summed E-state index contributed by atoms with van der Waals surface area (Å²) in [4.78, 5) is 8.05. The van der Waals surface area contributed by atoms with E-state index in [4.69, 9.17) is 0 Å². The van der Waals surface area contributed by atoms with E-state index in [9.17, 15) is 5.11 Å². The van der Waals surface area contributed by atoms with Gasteiger partial charge in [-0.1, -0.05) is 12.1 Å². The molecule has 2 rings (SSSR count). The second-order valence-electron chi connectivity index (χ2n) is 3.54.